The van der Waals surface area contributed by atoms with Crippen LogP contribution in [-0.2, 0) is 9.53 Å². The molecule has 3 rings (SSSR count). The van der Waals surface area contributed by atoms with Crippen molar-refractivity contribution < 1.29 is 14.3 Å². The van der Waals surface area contributed by atoms with Gasteiger partial charge in [0.1, 0.15) is 12.3 Å². The Morgan fingerprint density at radius 3 is 2.61 bits per heavy atom. The maximum Gasteiger partial charge on any atom is 0.337 e. The summed E-state index contributed by atoms with van der Waals surface area (Å²) in [7, 11) is 0. The van der Waals surface area contributed by atoms with Gasteiger partial charge in [-0.1, -0.05) is 45.4 Å². The van der Waals surface area contributed by atoms with Gasteiger partial charge in [0.2, 0.25) is 0 Å². The maximum atomic E-state index is 12.5. The second-order valence-corrected chi connectivity index (χ2v) is 8.55. The predicted molar refractivity (Wildman–Crippen MR) is 109 cm³/mol. The van der Waals surface area contributed by atoms with E-state index in [2.05, 4.69) is 26.2 Å². The number of hydrogen-bond donors (Lipinski definition) is 1. The number of esters is 1. The fraction of sp³-hybridized carbons (Fsp3) is 0.636. The van der Waals surface area contributed by atoms with Crippen LogP contribution in [0.2, 0.25) is 0 Å². The van der Waals surface area contributed by atoms with Crippen LogP contribution in [0.15, 0.2) is 30.3 Å². The molecule has 6 nitrogen and oxygen atoms in total. The van der Waals surface area contributed by atoms with Crippen LogP contribution in [0.5, 0.6) is 0 Å². The molecule has 0 radical (unpaired) electrons. The number of ether oxygens (including phenoxy) is 1. The van der Waals surface area contributed by atoms with Crippen LogP contribution < -0.4 is 10.3 Å². The zero-order chi connectivity index (χ0) is 20.3. The van der Waals surface area contributed by atoms with E-state index in [0.717, 1.165) is 18.5 Å². The number of hydrazine groups is 1. The topological polar surface area (TPSA) is 61.9 Å². The number of nitrogens with zero attached hydrogens (tertiary/aromatic N) is 2. The number of nitrogens with one attached hydrogen (secondary N) is 1. The monoisotopic (exact) mass is 387 g/mol. The van der Waals surface area contributed by atoms with Crippen LogP contribution in [0.1, 0.15) is 53.4 Å². The highest BCUT2D eigenvalue weighted by molar-refractivity contribution is 5.94. The van der Waals surface area contributed by atoms with Gasteiger partial charge in [0, 0.05) is 12.2 Å². The maximum absolute atomic E-state index is 12.5. The van der Waals surface area contributed by atoms with Gasteiger partial charge in [-0.15, -0.1) is 0 Å². The number of hydrogen-bond acceptors (Lipinski definition) is 4. The van der Waals surface area contributed by atoms with Gasteiger partial charge in [-0.05, 0) is 49.7 Å². The lowest BCUT2D eigenvalue weighted by Crippen LogP contribution is -2.41. The molecule has 4 unspecified atom stereocenters. The van der Waals surface area contributed by atoms with Crippen LogP contribution in [0.4, 0.5) is 10.5 Å². The highest BCUT2D eigenvalue weighted by Crippen LogP contribution is 2.35. The zero-order valence-corrected chi connectivity index (χ0v) is 17.4. The summed E-state index contributed by atoms with van der Waals surface area (Å²) in [5, 5.41) is 1.81. The van der Waals surface area contributed by atoms with Crippen molar-refractivity contribution in [2.24, 2.45) is 17.8 Å². The standard InChI is InChI=1S/C22H33N3O3/c1-15(2)19-11-10-16(3)14-20(19)28-21(26)12-13-24-17(4)25(22(27)23-24)18-8-6-5-7-9-18/h5-9,15-17,19-20H,10-14H2,1-4H3,(H,23,27). The molecule has 0 aromatic heterocycles. The van der Waals surface area contributed by atoms with Crippen molar-refractivity contribution in [2.45, 2.75) is 65.6 Å². The molecule has 1 N–H and O–H groups in total. The number of amides is 2. The van der Waals surface area contributed by atoms with Crippen molar-refractivity contribution >= 4 is 17.7 Å². The summed E-state index contributed by atoms with van der Waals surface area (Å²) in [5.74, 6) is 1.39. The fourth-order valence-corrected chi connectivity index (χ4v) is 4.43. The van der Waals surface area contributed by atoms with E-state index in [9.17, 15) is 9.59 Å². The molecule has 2 fully saturated rings. The van der Waals surface area contributed by atoms with Crippen molar-refractivity contribution in [3.63, 3.8) is 0 Å². The summed E-state index contributed by atoms with van der Waals surface area (Å²) < 4.78 is 5.88. The number of urea groups is 1. The molecule has 6 heteroatoms. The fourth-order valence-electron chi connectivity index (χ4n) is 4.43. The molecule has 0 spiro atoms. The van der Waals surface area contributed by atoms with E-state index >= 15 is 0 Å². The molecular formula is C22H33N3O3. The quantitative estimate of drug-likeness (QED) is 0.744. The number of anilines is 1. The minimum atomic E-state index is -0.177. The van der Waals surface area contributed by atoms with Crippen LogP contribution in [0.25, 0.3) is 0 Å². The molecule has 1 aliphatic heterocycles. The van der Waals surface area contributed by atoms with Gasteiger partial charge in [-0.3, -0.25) is 15.1 Å². The highest BCUT2D eigenvalue weighted by atomic mass is 16.5. The average Bonchev–Trinajstić information content (AvgIpc) is 2.94. The lowest BCUT2D eigenvalue weighted by Gasteiger charge is -2.36. The van der Waals surface area contributed by atoms with Crippen molar-refractivity contribution in [2.75, 3.05) is 11.4 Å². The first-order chi connectivity index (χ1) is 13.4. The third-order valence-electron chi connectivity index (χ3n) is 6.12. The Balaban J connectivity index is 1.54. The van der Waals surface area contributed by atoms with Gasteiger partial charge >= 0.3 is 12.0 Å². The van der Waals surface area contributed by atoms with Crippen LogP contribution in [0.3, 0.4) is 0 Å². The normalized spacial score (nSPS) is 28.5. The van der Waals surface area contributed by atoms with Gasteiger partial charge < -0.3 is 4.74 Å². The third-order valence-corrected chi connectivity index (χ3v) is 6.12. The number of carbonyl (C=O) groups excluding carboxylic acids is 2. The first-order valence-electron chi connectivity index (χ1n) is 10.5. The van der Waals surface area contributed by atoms with Crippen molar-refractivity contribution in [3.05, 3.63) is 30.3 Å². The van der Waals surface area contributed by atoms with E-state index in [1.54, 1.807) is 9.91 Å². The second kappa shape index (κ2) is 8.95. The number of carbonyl (C=O) groups is 2. The molecule has 1 aliphatic carbocycles. The number of benzene rings is 1. The highest BCUT2D eigenvalue weighted by Gasteiger charge is 2.36. The third kappa shape index (κ3) is 4.66. The van der Waals surface area contributed by atoms with Crippen LogP contribution in [0, 0.1) is 17.8 Å². The molecule has 2 amide bonds. The number of para-hydroxylation sites is 1. The van der Waals surface area contributed by atoms with Gasteiger partial charge in [0.15, 0.2) is 0 Å². The van der Waals surface area contributed by atoms with Gasteiger partial charge in [-0.2, -0.15) is 5.01 Å². The predicted octanol–water partition coefficient (Wildman–Crippen LogP) is 4.17. The van der Waals surface area contributed by atoms with Gasteiger partial charge in [-0.25, -0.2) is 4.79 Å². The molecule has 4 atom stereocenters. The Morgan fingerprint density at radius 2 is 1.93 bits per heavy atom. The molecule has 1 aromatic carbocycles. The van der Waals surface area contributed by atoms with E-state index < -0.39 is 0 Å². The molecule has 1 saturated carbocycles. The minimum Gasteiger partial charge on any atom is -0.462 e. The summed E-state index contributed by atoms with van der Waals surface area (Å²) in [6.45, 7) is 9.04. The van der Waals surface area contributed by atoms with Crippen molar-refractivity contribution in [3.8, 4) is 0 Å². The van der Waals surface area contributed by atoms with Gasteiger partial charge in [0.25, 0.3) is 0 Å². The lowest BCUT2D eigenvalue weighted by atomic mass is 9.75. The Morgan fingerprint density at radius 1 is 1.21 bits per heavy atom. The van der Waals surface area contributed by atoms with Crippen molar-refractivity contribution in [1.82, 2.24) is 10.4 Å². The Bertz CT molecular complexity index is 679. The summed E-state index contributed by atoms with van der Waals surface area (Å²) in [6.07, 6.45) is 3.41. The van der Waals surface area contributed by atoms with E-state index in [0.29, 0.717) is 24.3 Å². The molecule has 1 heterocycles. The molecule has 28 heavy (non-hydrogen) atoms. The van der Waals surface area contributed by atoms with Crippen LogP contribution in [-0.4, -0.2) is 35.8 Å². The summed E-state index contributed by atoms with van der Waals surface area (Å²) in [5.41, 5.74) is 3.70. The Labute approximate surface area is 168 Å². The second-order valence-electron chi connectivity index (χ2n) is 8.55. The first-order valence-corrected chi connectivity index (χ1v) is 10.5. The summed E-state index contributed by atoms with van der Waals surface area (Å²) >= 11 is 0. The van der Waals surface area contributed by atoms with E-state index in [-0.39, 0.29) is 30.7 Å². The average molecular weight is 388 g/mol. The Hall–Kier alpha value is -2.08. The number of rotatable bonds is 6. The van der Waals surface area contributed by atoms with Gasteiger partial charge in [0.05, 0.1) is 6.42 Å². The molecule has 2 aliphatic rings. The molecular weight excluding hydrogens is 354 g/mol. The molecule has 1 aromatic rings. The first kappa shape index (κ1) is 20.6. The van der Waals surface area contributed by atoms with Crippen LogP contribution >= 0.6 is 0 Å². The Kier molecular flexibility index (Phi) is 6.60. The van der Waals surface area contributed by atoms with E-state index in [1.165, 1.54) is 6.42 Å². The SMILES string of the molecule is CC1CCC(C(C)C)C(OC(=O)CCN2NC(=O)N(c3ccccc3)C2C)C1. The minimum absolute atomic E-state index is 0.0164. The lowest BCUT2D eigenvalue weighted by molar-refractivity contribution is -0.156. The van der Waals surface area contributed by atoms with E-state index in [4.69, 9.17) is 4.74 Å². The molecule has 0 bridgehead atoms. The molecule has 154 valence electrons. The molecule has 1 saturated heterocycles. The summed E-state index contributed by atoms with van der Waals surface area (Å²) in [6, 6.07) is 9.38. The largest absolute Gasteiger partial charge is 0.462 e. The van der Waals surface area contributed by atoms with E-state index in [1.807, 2.05) is 37.3 Å². The smallest absolute Gasteiger partial charge is 0.337 e. The zero-order valence-electron chi connectivity index (χ0n) is 17.4. The summed E-state index contributed by atoms with van der Waals surface area (Å²) in [4.78, 5) is 26.6. The van der Waals surface area contributed by atoms with Crippen molar-refractivity contribution in [1.29, 1.82) is 0 Å².